The lowest BCUT2D eigenvalue weighted by Gasteiger charge is -2.08. The number of pyridine rings is 1. The number of rotatable bonds is 3. The van der Waals surface area contributed by atoms with E-state index in [2.05, 4.69) is 15.3 Å². The van der Waals surface area contributed by atoms with Crippen LogP contribution in [0.4, 0.5) is 5.69 Å². The molecule has 2 heterocycles. The molecule has 6 heteroatoms. The predicted molar refractivity (Wildman–Crippen MR) is 83.6 cm³/mol. The maximum Gasteiger partial charge on any atom is 0.261 e. The van der Waals surface area contributed by atoms with Crippen molar-refractivity contribution in [1.29, 1.82) is 0 Å². The summed E-state index contributed by atoms with van der Waals surface area (Å²) in [6.45, 7) is 1.89. The first kappa shape index (κ1) is 13.9. The molecule has 110 valence electrons. The molecule has 2 aromatic heterocycles. The topological polar surface area (TPSA) is 76.9 Å². The van der Waals surface area contributed by atoms with Crippen molar-refractivity contribution in [1.82, 2.24) is 14.5 Å². The van der Waals surface area contributed by atoms with Gasteiger partial charge in [-0.3, -0.25) is 19.1 Å². The number of aryl methyl sites for hydroxylation is 1. The lowest BCUT2D eigenvalue weighted by Crippen LogP contribution is -2.27. The smallest absolute Gasteiger partial charge is 0.261 e. The van der Waals surface area contributed by atoms with Gasteiger partial charge in [-0.2, -0.15) is 0 Å². The fourth-order valence-electron chi connectivity index (χ4n) is 2.11. The first-order valence-corrected chi connectivity index (χ1v) is 6.79. The molecule has 0 unspecified atom stereocenters. The van der Waals surface area contributed by atoms with Crippen LogP contribution < -0.4 is 10.9 Å². The zero-order valence-corrected chi connectivity index (χ0v) is 12.0. The Morgan fingerprint density at radius 1 is 1.23 bits per heavy atom. The van der Waals surface area contributed by atoms with E-state index in [4.69, 9.17) is 0 Å². The van der Waals surface area contributed by atoms with E-state index in [1.165, 1.54) is 23.3 Å². The van der Waals surface area contributed by atoms with Gasteiger partial charge in [-0.25, -0.2) is 4.98 Å². The van der Waals surface area contributed by atoms with Gasteiger partial charge in [0.2, 0.25) is 5.91 Å². The van der Waals surface area contributed by atoms with E-state index >= 15 is 0 Å². The normalized spacial score (nSPS) is 10.6. The van der Waals surface area contributed by atoms with E-state index in [-0.39, 0.29) is 18.0 Å². The van der Waals surface area contributed by atoms with E-state index in [0.717, 1.165) is 5.56 Å². The average Bonchev–Trinajstić information content (AvgIpc) is 2.53. The first-order valence-electron chi connectivity index (χ1n) is 6.79. The number of fused-ring (bicyclic) bond motifs is 1. The molecule has 3 rings (SSSR count). The Bertz CT molecular complexity index is 885. The number of carbonyl (C=O) groups excluding carboxylic acids is 1. The molecular formula is C16H14N4O2. The summed E-state index contributed by atoms with van der Waals surface area (Å²) in [5, 5.41) is 3.20. The Labute approximate surface area is 126 Å². The number of amides is 1. The highest BCUT2D eigenvalue weighted by Gasteiger charge is 2.08. The summed E-state index contributed by atoms with van der Waals surface area (Å²) < 4.78 is 1.28. The van der Waals surface area contributed by atoms with Crippen molar-refractivity contribution in [3.8, 4) is 0 Å². The third-order valence-corrected chi connectivity index (χ3v) is 3.28. The van der Waals surface area contributed by atoms with Crippen LogP contribution in [0.25, 0.3) is 10.9 Å². The van der Waals surface area contributed by atoms with Crippen LogP contribution in [0, 0.1) is 6.92 Å². The standard InChI is InChI=1S/C16H14N4O2/c1-11-2-4-12(5-3-11)19-15(21)9-20-10-18-14-8-17-7-6-13(14)16(20)22/h2-8,10H,9H2,1H3,(H,19,21). The van der Waals surface area contributed by atoms with E-state index < -0.39 is 0 Å². The number of carbonyl (C=O) groups is 1. The number of nitrogens with zero attached hydrogens (tertiary/aromatic N) is 3. The fourth-order valence-corrected chi connectivity index (χ4v) is 2.11. The van der Waals surface area contributed by atoms with Crippen LogP contribution in [0.3, 0.4) is 0 Å². The SMILES string of the molecule is Cc1ccc(NC(=O)Cn2cnc3cnccc3c2=O)cc1. The van der Waals surface area contributed by atoms with Crippen molar-refractivity contribution in [3.05, 3.63) is 65.0 Å². The summed E-state index contributed by atoms with van der Waals surface area (Å²) in [6.07, 6.45) is 4.41. The molecule has 0 fully saturated rings. The Hall–Kier alpha value is -3.02. The van der Waals surface area contributed by atoms with Crippen molar-refractivity contribution in [2.45, 2.75) is 13.5 Å². The average molecular weight is 294 g/mol. The Morgan fingerprint density at radius 2 is 2.00 bits per heavy atom. The predicted octanol–water partition coefficient (Wildman–Crippen LogP) is 1.74. The molecule has 1 amide bonds. The van der Waals surface area contributed by atoms with Crippen LogP contribution in [-0.2, 0) is 11.3 Å². The molecule has 0 aliphatic rings. The number of hydrogen-bond donors (Lipinski definition) is 1. The second-order valence-electron chi connectivity index (χ2n) is 4.98. The molecule has 3 aromatic rings. The second kappa shape index (κ2) is 5.77. The minimum atomic E-state index is -0.277. The van der Waals surface area contributed by atoms with Crippen LogP contribution in [-0.4, -0.2) is 20.4 Å². The van der Waals surface area contributed by atoms with Crippen molar-refractivity contribution in [3.63, 3.8) is 0 Å². The van der Waals surface area contributed by atoms with Crippen LogP contribution in [0.1, 0.15) is 5.56 Å². The number of anilines is 1. The van der Waals surface area contributed by atoms with Gasteiger partial charge in [-0.1, -0.05) is 17.7 Å². The molecule has 0 atom stereocenters. The summed E-state index contributed by atoms with van der Waals surface area (Å²) in [5.41, 5.74) is 2.07. The van der Waals surface area contributed by atoms with Crippen molar-refractivity contribution in [2.24, 2.45) is 0 Å². The Kier molecular flexibility index (Phi) is 3.65. The van der Waals surface area contributed by atoms with Gasteiger partial charge >= 0.3 is 0 Å². The van der Waals surface area contributed by atoms with Crippen LogP contribution in [0.2, 0.25) is 0 Å². The summed E-state index contributed by atoms with van der Waals surface area (Å²) in [4.78, 5) is 32.4. The van der Waals surface area contributed by atoms with Gasteiger partial charge < -0.3 is 5.32 Å². The minimum Gasteiger partial charge on any atom is -0.325 e. The molecule has 1 aromatic carbocycles. The zero-order valence-electron chi connectivity index (χ0n) is 12.0. The van der Waals surface area contributed by atoms with Crippen LogP contribution in [0.5, 0.6) is 0 Å². The Balaban J connectivity index is 1.81. The molecule has 0 aliphatic heterocycles. The molecule has 0 saturated carbocycles. The van der Waals surface area contributed by atoms with Crippen molar-refractivity contribution in [2.75, 3.05) is 5.32 Å². The highest BCUT2D eigenvalue weighted by Crippen LogP contribution is 2.08. The quantitative estimate of drug-likeness (QED) is 0.798. The molecule has 0 radical (unpaired) electrons. The second-order valence-corrected chi connectivity index (χ2v) is 4.98. The third-order valence-electron chi connectivity index (χ3n) is 3.28. The largest absolute Gasteiger partial charge is 0.325 e. The minimum absolute atomic E-state index is 0.0853. The Morgan fingerprint density at radius 3 is 2.77 bits per heavy atom. The van der Waals surface area contributed by atoms with Gasteiger partial charge in [0.25, 0.3) is 5.56 Å². The van der Waals surface area contributed by atoms with Crippen LogP contribution in [0.15, 0.2) is 53.8 Å². The molecule has 0 bridgehead atoms. The van der Waals surface area contributed by atoms with Crippen molar-refractivity contribution >= 4 is 22.5 Å². The first-order chi connectivity index (χ1) is 10.6. The molecule has 22 heavy (non-hydrogen) atoms. The lowest BCUT2D eigenvalue weighted by molar-refractivity contribution is -0.116. The summed E-state index contributed by atoms with van der Waals surface area (Å²) in [7, 11) is 0. The van der Waals surface area contributed by atoms with Gasteiger partial charge in [0.1, 0.15) is 6.54 Å². The molecule has 1 N–H and O–H groups in total. The summed E-state index contributed by atoms with van der Waals surface area (Å²) in [6, 6.07) is 9.05. The summed E-state index contributed by atoms with van der Waals surface area (Å²) >= 11 is 0. The highest BCUT2D eigenvalue weighted by molar-refractivity contribution is 5.90. The third kappa shape index (κ3) is 2.85. The monoisotopic (exact) mass is 294 g/mol. The van der Waals surface area contributed by atoms with Gasteiger partial charge in [-0.05, 0) is 25.1 Å². The van der Waals surface area contributed by atoms with E-state index in [0.29, 0.717) is 16.6 Å². The van der Waals surface area contributed by atoms with Crippen molar-refractivity contribution < 1.29 is 4.79 Å². The number of benzene rings is 1. The van der Waals surface area contributed by atoms with Gasteiger partial charge in [0.15, 0.2) is 0 Å². The number of hydrogen-bond acceptors (Lipinski definition) is 4. The van der Waals surface area contributed by atoms with Crippen LogP contribution >= 0.6 is 0 Å². The molecular weight excluding hydrogens is 280 g/mol. The zero-order chi connectivity index (χ0) is 15.5. The number of aromatic nitrogens is 3. The van der Waals surface area contributed by atoms with E-state index in [9.17, 15) is 9.59 Å². The van der Waals surface area contributed by atoms with E-state index in [1.807, 2.05) is 31.2 Å². The highest BCUT2D eigenvalue weighted by atomic mass is 16.2. The number of nitrogens with one attached hydrogen (secondary N) is 1. The fraction of sp³-hybridized carbons (Fsp3) is 0.125. The van der Waals surface area contributed by atoms with E-state index in [1.54, 1.807) is 6.07 Å². The lowest BCUT2D eigenvalue weighted by atomic mass is 10.2. The molecule has 6 nitrogen and oxygen atoms in total. The van der Waals surface area contributed by atoms with Gasteiger partial charge in [0.05, 0.1) is 23.4 Å². The molecule has 0 spiro atoms. The maximum atomic E-state index is 12.3. The molecule has 0 saturated heterocycles. The maximum absolute atomic E-state index is 12.3. The van der Waals surface area contributed by atoms with Gasteiger partial charge in [0, 0.05) is 11.9 Å². The summed E-state index contributed by atoms with van der Waals surface area (Å²) in [5.74, 6) is -0.277. The van der Waals surface area contributed by atoms with Gasteiger partial charge in [-0.15, -0.1) is 0 Å². The molecule has 0 aliphatic carbocycles.